The molecule has 1 heterocycles. The molecular formula is C17H20N2O2. The minimum absolute atomic E-state index is 0.274. The molecule has 21 heavy (non-hydrogen) atoms. The summed E-state index contributed by atoms with van der Waals surface area (Å²) in [6.07, 6.45) is 0.816. The minimum atomic E-state index is -0.508. The third-order valence-electron chi connectivity index (χ3n) is 4.50. The van der Waals surface area contributed by atoms with Gasteiger partial charge in [0, 0.05) is 12.5 Å². The highest BCUT2D eigenvalue weighted by molar-refractivity contribution is 5.34. The van der Waals surface area contributed by atoms with Crippen molar-refractivity contribution in [1.29, 1.82) is 0 Å². The van der Waals surface area contributed by atoms with E-state index >= 15 is 0 Å². The van der Waals surface area contributed by atoms with Crippen molar-refractivity contribution in [2.24, 2.45) is 0 Å². The van der Waals surface area contributed by atoms with Crippen molar-refractivity contribution in [1.82, 2.24) is 10.4 Å². The fourth-order valence-corrected chi connectivity index (χ4v) is 3.11. The standard InChI is InChI=1S/C17H20N2O2/c1-19-16(13-8-10-15(21-2)11-9-13)12-17(19,18-20)14-6-4-3-5-7-14/h3-11,16,18,20H,12H2,1-2H3/t16-,17?/m0/s1. The maximum Gasteiger partial charge on any atom is 0.122 e. The highest BCUT2D eigenvalue weighted by Crippen LogP contribution is 2.49. The first-order valence-corrected chi connectivity index (χ1v) is 7.05. The average Bonchev–Trinajstić information content (AvgIpc) is 2.56. The Kier molecular flexibility index (Phi) is 3.68. The largest absolute Gasteiger partial charge is 0.497 e. The number of hydrogen-bond acceptors (Lipinski definition) is 4. The zero-order valence-corrected chi connectivity index (χ0v) is 12.3. The molecule has 0 aromatic heterocycles. The number of ether oxygens (including phenoxy) is 1. The lowest BCUT2D eigenvalue weighted by molar-refractivity contribution is -0.151. The molecule has 1 aliphatic rings. The van der Waals surface area contributed by atoms with Crippen LogP contribution in [-0.2, 0) is 5.66 Å². The summed E-state index contributed by atoms with van der Waals surface area (Å²) in [4.78, 5) is 2.16. The summed E-state index contributed by atoms with van der Waals surface area (Å²) in [6, 6.07) is 18.4. The van der Waals surface area contributed by atoms with Gasteiger partial charge in [0.05, 0.1) is 7.11 Å². The molecule has 2 aromatic carbocycles. The lowest BCUT2D eigenvalue weighted by Crippen LogP contribution is -2.64. The second-order valence-electron chi connectivity index (χ2n) is 5.44. The SMILES string of the molecule is COc1ccc([C@@H]2CC(NO)(c3ccccc3)N2C)cc1. The number of nitrogens with one attached hydrogen (secondary N) is 1. The van der Waals surface area contributed by atoms with E-state index in [2.05, 4.69) is 22.5 Å². The quantitative estimate of drug-likeness (QED) is 0.847. The van der Waals surface area contributed by atoms with Crippen LogP contribution in [0.5, 0.6) is 5.75 Å². The van der Waals surface area contributed by atoms with Gasteiger partial charge < -0.3 is 9.94 Å². The minimum Gasteiger partial charge on any atom is -0.497 e. The Hall–Kier alpha value is -1.88. The van der Waals surface area contributed by atoms with Crippen molar-refractivity contribution in [3.8, 4) is 5.75 Å². The Morgan fingerprint density at radius 1 is 1.14 bits per heavy atom. The lowest BCUT2D eigenvalue weighted by atomic mass is 9.78. The third-order valence-corrected chi connectivity index (χ3v) is 4.50. The van der Waals surface area contributed by atoms with Gasteiger partial charge in [-0.15, -0.1) is 0 Å². The molecule has 0 bridgehead atoms. The van der Waals surface area contributed by atoms with Gasteiger partial charge in [0.25, 0.3) is 0 Å². The first kappa shape index (κ1) is 14.1. The van der Waals surface area contributed by atoms with Crippen LogP contribution in [0, 0.1) is 0 Å². The van der Waals surface area contributed by atoms with Gasteiger partial charge in [-0.2, -0.15) is 5.48 Å². The number of rotatable bonds is 4. The summed E-state index contributed by atoms with van der Waals surface area (Å²) in [6.45, 7) is 0. The molecule has 0 radical (unpaired) electrons. The molecule has 110 valence electrons. The lowest BCUT2D eigenvalue weighted by Gasteiger charge is -2.56. The number of benzene rings is 2. The van der Waals surface area contributed by atoms with E-state index < -0.39 is 5.66 Å². The summed E-state index contributed by atoms with van der Waals surface area (Å²) >= 11 is 0. The fourth-order valence-electron chi connectivity index (χ4n) is 3.11. The molecule has 4 nitrogen and oxygen atoms in total. The zero-order chi connectivity index (χ0) is 14.9. The van der Waals surface area contributed by atoms with Crippen LogP contribution in [-0.4, -0.2) is 24.3 Å². The second kappa shape index (κ2) is 5.48. The molecule has 1 saturated heterocycles. The molecule has 3 rings (SSSR count). The number of nitrogens with zero attached hydrogens (tertiary/aromatic N) is 1. The highest BCUT2D eigenvalue weighted by Gasteiger charge is 2.51. The monoisotopic (exact) mass is 284 g/mol. The first-order valence-electron chi connectivity index (χ1n) is 7.05. The summed E-state index contributed by atoms with van der Waals surface area (Å²) in [5.41, 5.74) is 4.29. The summed E-state index contributed by atoms with van der Waals surface area (Å²) in [5, 5.41) is 9.70. The van der Waals surface area contributed by atoms with Gasteiger partial charge in [0.2, 0.25) is 0 Å². The number of hydroxylamine groups is 1. The predicted molar refractivity (Wildman–Crippen MR) is 81.2 cm³/mol. The molecule has 2 N–H and O–H groups in total. The van der Waals surface area contributed by atoms with Crippen molar-refractivity contribution in [3.05, 3.63) is 65.7 Å². The first-order chi connectivity index (χ1) is 10.2. The van der Waals surface area contributed by atoms with Crippen LogP contribution < -0.4 is 10.2 Å². The topological polar surface area (TPSA) is 44.7 Å². The van der Waals surface area contributed by atoms with Crippen LogP contribution in [0.25, 0.3) is 0 Å². The summed E-state index contributed by atoms with van der Waals surface area (Å²) < 4.78 is 5.19. The van der Waals surface area contributed by atoms with Crippen molar-refractivity contribution in [3.63, 3.8) is 0 Å². The van der Waals surface area contributed by atoms with Crippen LogP contribution in [0.15, 0.2) is 54.6 Å². The van der Waals surface area contributed by atoms with Gasteiger partial charge >= 0.3 is 0 Å². The predicted octanol–water partition coefficient (Wildman–Crippen LogP) is 2.90. The average molecular weight is 284 g/mol. The van der Waals surface area contributed by atoms with E-state index in [9.17, 15) is 5.21 Å². The molecule has 4 heteroatoms. The fraction of sp³-hybridized carbons (Fsp3) is 0.294. The van der Waals surface area contributed by atoms with Gasteiger partial charge in [-0.1, -0.05) is 42.5 Å². The Balaban J connectivity index is 1.84. The Bertz CT molecular complexity index is 600. The van der Waals surface area contributed by atoms with Crippen LogP contribution in [0.2, 0.25) is 0 Å². The number of methoxy groups -OCH3 is 1. The molecule has 2 atom stereocenters. The molecule has 2 aromatic rings. The molecule has 0 saturated carbocycles. The van der Waals surface area contributed by atoms with Crippen LogP contribution >= 0.6 is 0 Å². The van der Waals surface area contributed by atoms with Gasteiger partial charge in [0.15, 0.2) is 0 Å². The third kappa shape index (κ3) is 2.21. The van der Waals surface area contributed by atoms with Crippen molar-refractivity contribution >= 4 is 0 Å². The molecule has 1 fully saturated rings. The van der Waals surface area contributed by atoms with E-state index in [1.807, 2.05) is 49.5 Å². The molecule has 1 unspecified atom stereocenters. The molecular weight excluding hydrogens is 264 g/mol. The smallest absolute Gasteiger partial charge is 0.122 e. The van der Waals surface area contributed by atoms with Crippen molar-refractivity contribution in [2.75, 3.05) is 14.2 Å². The number of hydrogen-bond donors (Lipinski definition) is 2. The van der Waals surface area contributed by atoms with E-state index in [0.29, 0.717) is 0 Å². The van der Waals surface area contributed by atoms with Crippen LogP contribution in [0.3, 0.4) is 0 Å². The summed E-state index contributed by atoms with van der Waals surface area (Å²) in [7, 11) is 3.69. The van der Waals surface area contributed by atoms with Crippen LogP contribution in [0.1, 0.15) is 23.6 Å². The Morgan fingerprint density at radius 3 is 2.33 bits per heavy atom. The van der Waals surface area contributed by atoms with E-state index in [1.54, 1.807) is 7.11 Å². The van der Waals surface area contributed by atoms with E-state index in [-0.39, 0.29) is 6.04 Å². The van der Waals surface area contributed by atoms with Gasteiger partial charge in [-0.3, -0.25) is 4.90 Å². The molecule has 0 amide bonds. The van der Waals surface area contributed by atoms with E-state index in [1.165, 1.54) is 5.56 Å². The van der Waals surface area contributed by atoms with E-state index in [4.69, 9.17) is 4.74 Å². The van der Waals surface area contributed by atoms with Crippen molar-refractivity contribution < 1.29 is 9.94 Å². The maximum atomic E-state index is 9.70. The maximum absolute atomic E-state index is 9.70. The van der Waals surface area contributed by atoms with Gasteiger partial charge in [0.1, 0.15) is 11.4 Å². The van der Waals surface area contributed by atoms with Crippen molar-refractivity contribution in [2.45, 2.75) is 18.1 Å². The van der Waals surface area contributed by atoms with Crippen LogP contribution in [0.4, 0.5) is 0 Å². The van der Waals surface area contributed by atoms with Gasteiger partial charge in [-0.25, -0.2) is 0 Å². The molecule has 0 aliphatic carbocycles. The molecule has 1 aliphatic heterocycles. The molecule has 0 spiro atoms. The Labute approximate surface area is 124 Å². The normalized spacial score (nSPS) is 25.4. The second-order valence-corrected chi connectivity index (χ2v) is 5.44. The summed E-state index contributed by atoms with van der Waals surface area (Å²) in [5.74, 6) is 0.857. The van der Waals surface area contributed by atoms with Gasteiger partial charge in [-0.05, 0) is 30.3 Å². The highest BCUT2D eigenvalue weighted by atomic mass is 16.5. The number of likely N-dealkylation sites (tertiary alicyclic amines) is 1. The zero-order valence-electron chi connectivity index (χ0n) is 12.3. The van der Waals surface area contributed by atoms with E-state index in [0.717, 1.165) is 17.7 Å². The Morgan fingerprint density at radius 2 is 1.81 bits per heavy atom.